The number of benzene rings is 1. The molecular formula is C24H26F6N4O3. The van der Waals surface area contributed by atoms with Gasteiger partial charge in [0.15, 0.2) is 0 Å². The van der Waals surface area contributed by atoms with E-state index in [0.29, 0.717) is 0 Å². The number of halogens is 6. The number of anilines is 1. The van der Waals surface area contributed by atoms with Gasteiger partial charge in [-0.15, -0.1) is 0 Å². The summed E-state index contributed by atoms with van der Waals surface area (Å²) in [6.07, 6.45) is -11.6. The summed E-state index contributed by atoms with van der Waals surface area (Å²) in [6, 6.07) is 6.29. The van der Waals surface area contributed by atoms with Gasteiger partial charge >= 0.3 is 18.4 Å². The van der Waals surface area contributed by atoms with Gasteiger partial charge in [-0.1, -0.05) is 30.3 Å². The molecule has 2 heterocycles. The highest BCUT2D eigenvalue weighted by Crippen LogP contribution is 2.38. The number of carbonyl (C=O) groups is 1. The molecule has 1 unspecified atom stereocenters. The molecule has 2 aromatic rings. The number of nitrogens with two attached hydrogens (primary N) is 1. The van der Waals surface area contributed by atoms with Crippen LogP contribution in [0.3, 0.4) is 0 Å². The summed E-state index contributed by atoms with van der Waals surface area (Å²) in [4.78, 5) is 31.4. The van der Waals surface area contributed by atoms with Crippen molar-refractivity contribution in [3.8, 4) is 0 Å². The van der Waals surface area contributed by atoms with Gasteiger partial charge in [0.2, 0.25) is 5.95 Å². The molecular weight excluding hydrogens is 506 g/mol. The Hall–Kier alpha value is -3.25. The Balaban J connectivity index is 1.51. The first-order valence-corrected chi connectivity index (χ1v) is 11.9. The predicted octanol–water partition coefficient (Wildman–Crippen LogP) is 4.98. The lowest BCUT2D eigenvalue weighted by molar-refractivity contribution is -0.186. The maximum Gasteiger partial charge on any atom is 0.410 e. The average molecular weight is 532 g/mol. The molecule has 4 rings (SSSR count). The minimum absolute atomic E-state index is 0.0187. The number of hydrogen-bond acceptors (Lipinski definition) is 5. The molecule has 202 valence electrons. The van der Waals surface area contributed by atoms with Crippen LogP contribution in [-0.4, -0.2) is 45.5 Å². The predicted molar refractivity (Wildman–Crippen MR) is 121 cm³/mol. The van der Waals surface area contributed by atoms with Gasteiger partial charge in [0.1, 0.15) is 6.10 Å². The van der Waals surface area contributed by atoms with Crippen molar-refractivity contribution < 1.29 is 35.9 Å². The van der Waals surface area contributed by atoms with E-state index in [4.69, 9.17) is 10.5 Å². The first-order chi connectivity index (χ1) is 17.3. The molecule has 37 heavy (non-hydrogen) atoms. The molecule has 1 aromatic carbocycles. The van der Waals surface area contributed by atoms with Crippen LogP contribution in [0.1, 0.15) is 55.0 Å². The number of aromatic nitrogens is 2. The Labute approximate surface area is 208 Å². The molecule has 1 aliphatic heterocycles. The number of nitrogens with zero attached hydrogens (tertiary/aromatic N) is 3. The van der Waals surface area contributed by atoms with E-state index in [0.717, 1.165) is 4.57 Å². The fourth-order valence-corrected chi connectivity index (χ4v) is 4.96. The van der Waals surface area contributed by atoms with Crippen molar-refractivity contribution in [3.05, 3.63) is 57.5 Å². The molecule has 0 saturated heterocycles. The fourth-order valence-electron chi connectivity index (χ4n) is 4.96. The minimum atomic E-state index is -4.58. The van der Waals surface area contributed by atoms with Gasteiger partial charge in [-0.05, 0) is 37.7 Å². The van der Waals surface area contributed by atoms with Crippen molar-refractivity contribution in [2.75, 3.05) is 12.3 Å². The second-order valence-corrected chi connectivity index (χ2v) is 9.39. The maximum atomic E-state index is 13.4. The van der Waals surface area contributed by atoms with Crippen LogP contribution < -0.4 is 11.3 Å². The molecule has 1 aliphatic carbocycles. The number of alkyl halides is 6. The lowest BCUT2D eigenvalue weighted by Gasteiger charge is -2.33. The zero-order chi connectivity index (χ0) is 27.0. The van der Waals surface area contributed by atoms with E-state index >= 15 is 0 Å². The summed E-state index contributed by atoms with van der Waals surface area (Å²) in [6.45, 7) is -0.110. The second-order valence-electron chi connectivity index (χ2n) is 9.39. The van der Waals surface area contributed by atoms with Crippen LogP contribution in [0.5, 0.6) is 0 Å². The molecule has 0 spiro atoms. The van der Waals surface area contributed by atoms with E-state index in [1.807, 2.05) is 0 Å². The van der Waals surface area contributed by atoms with E-state index < -0.39 is 54.4 Å². The van der Waals surface area contributed by atoms with Crippen LogP contribution in [0, 0.1) is 5.92 Å². The third-order valence-corrected chi connectivity index (χ3v) is 6.88. The summed E-state index contributed by atoms with van der Waals surface area (Å²) < 4.78 is 85.0. The Morgan fingerprint density at radius 3 is 2.32 bits per heavy atom. The number of amides is 1. The van der Waals surface area contributed by atoms with Crippen molar-refractivity contribution in [2.24, 2.45) is 5.92 Å². The van der Waals surface area contributed by atoms with Crippen molar-refractivity contribution in [3.63, 3.8) is 0 Å². The molecule has 1 atom stereocenters. The molecule has 1 aromatic heterocycles. The van der Waals surface area contributed by atoms with Crippen LogP contribution >= 0.6 is 0 Å². The topological polar surface area (TPSA) is 90.5 Å². The first-order valence-electron chi connectivity index (χ1n) is 11.9. The molecule has 2 aliphatic rings. The number of hydrogen-bond donors (Lipinski definition) is 1. The number of fused-ring (bicyclic) bond motifs is 1. The monoisotopic (exact) mass is 532 g/mol. The van der Waals surface area contributed by atoms with E-state index in [9.17, 15) is 35.9 Å². The van der Waals surface area contributed by atoms with Gasteiger partial charge in [0, 0.05) is 12.1 Å². The summed E-state index contributed by atoms with van der Waals surface area (Å²) in [5.41, 5.74) is 5.83. The highest BCUT2D eigenvalue weighted by atomic mass is 19.4. The normalized spacial score (nSPS) is 21.3. The minimum Gasteiger partial charge on any atom is -0.446 e. The first kappa shape index (κ1) is 26.8. The van der Waals surface area contributed by atoms with Crippen molar-refractivity contribution in [2.45, 2.75) is 69.6 Å². The maximum absolute atomic E-state index is 13.4. The van der Waals surface area contributed by atoms with Gasteiger partial charge in [-0.25, -0.2) is 9.78 Å². The van der Waals surface area contributed by atoms with Crippen LogP contribution in [0.2, 0.25) is 0 Å². The van der Waals surface area contributed by atoms with Crippen molar-refractivity contribution in [1.82, 2.24) is 14.5 Å². The third kappa shape index (κ3) is 6.19. The summed E-state index contributed by atoms with van der Waals surface area (Å²) in [5, 5.41) is 0. The van der Waals surface area contributed by atoms with E-state index in [-0.39, 0.29) is 62.0 Å². The smallest absolute Gasteiger partial charge is 0.410 e. The Kier molecular flexibility index (Phi) is 7.43. The van der Waals surface area contributed by atoms with E-state index in [1.54, 1.807) is 18.2 Å². The fraction of sp³-hybridized carbons (Fsp3) is 0.542. The van der Waals surface area contributed by atoms with Crippen LogP contribution in [0.4, 0.5) is 37.1 Å². The highest BCUT2D eigenvalue weighted by molar-refractivity contribution is 5.68. The summed E-state index contributed by atoms with van der Waals surface area (Å²) in [5.74, 6) is -1.82. The lowest BCUT2D eigenvalue weighted by atomic mass is 9.87. The highest BCUT2D eigenvalue weighted by Gasteiger charge is 2.42. The Morgan fingerprint density at radius 2 is 1.73 bits per heavy atom. The van der Waals surface area contributed by atoms with Gasteiger partial charge < -0.3 is 15.4 Å². The van der Waals surface area contributed by atoms with Crippen LogP contribution in [0.15, 0.2) is 35.1 Å². The summed E-state index contributed by atoms with van der Waals surface area (Å²) >= 11 is 0. The Morgan fingerprint density at radius 1 is 1.08 bits per heavy atom. The van der Waals surface area contributed by atoms with Crippen molar-refractivity contribution >= 4 is 12.0 Å². The largest absolute Gasteiger partial charge is 0.446 e. The van der Waals surface area contributed by atoms with E-state index in [1.165, 1.54) is 17.0 Å². The molecule has 2 N–H and O–H groups in total. The number of carbonyl (C=O) groups excluding carboxylic acids is 1. The third-order valence-electron chi connectivity index (χ3n) is 6.88. The summed E-state index contributed by atoms with van der Waals surface area (Å²) in [7, 11) is 0. The molecule has 0 bridgehead atoms. The molecule has 0 radical (unpaired) electrons. The van der Waals surface area contributed by atoms with Crippen LogP contribution in [0.25, 0.3) is 0 Å². The van der Waals surface area contributed by atoms with Gasteiger partial charge in [-0.2, -0.15) is 26.3 Å². The van der Waals surface area contributed by atoms with Gasteiger partial charge in [-0.3, -0.25) is 9.36 Å². The zero-order valence-electron chi connectivity index (χ0n) is 19.7. The van der Waals surface area contributed by atoms with Gasteiger partial charge in [0.05, 0.1) is 30.6 Å². The average Bonchev–Trinajstić information content (AvgIpc) is 2.82. The molecule has 7 nitrogen and oxygen atoms in total. The number of ether oxygens (including phenoxy) is 1. The zero-order valence-corrected chi connectivity index (χ0v) is 19.7. The molecule has 13 heteroatoms. The molecule has 1 fully saturated rings. The Bertz CT molecular complexity index is 1170. The second kappa shape index (κ2) is 10.3. The number of rotatable bonds is 4. The lowest BCUT2D eigenvalue weighted by Crippen LogP contribution is -2.43. The van der Waals surface area contributed by atoms with Crippen LogP contribution in [-0.2, 0) is 17.7 Å². The van der Waals surface area contributed by atoms with E-state index in [2.05, 4.69) is 4.98 Å². The quantitative estimate of drug-likeness (QED) is 0.561. The molecule has 1 saturated carbocycles. The number of nitrogen functional groups attached to an aromatic ring is 1. The standard InChI is InChI=1S/C24H26F6N4O3/c25-23(26,27)12-19(14-4-2-1-3-5-14)34-20(35)17-10-11-33(13-18(17)32-21(34)31)22(36)37-16-8-6-15(7-9-16)24(28,29)30/h1-5,15-16,19H,6-13H2,(H2,31,32)/t15-,16+,19?. The SMILES string of the molecule is Nc1nc2c(c(=O)n1C(CC(F)(F)F)c1ccccc1)CCN(C(=O)O[C@H]1CC[C@@H](C(F)(F)F)CC1)C2. The molecule has 1 amide bonds. The van der Waals surface area contributed by atoms with Crippen molar-refractivity contribution in [1.29, 1.82) is 0 Å². The van der Waals surface area contributed by atoms with Gasteiger partial charge in [0.25, 0.3) is 5.56 Å².